The van der Waals surface area contributed by atoms with Crippen LogP contribution in [0, 0.1) is 0 Å². The average molecular weight is 429 g/mol. The van der Waals surface area contributed by atoms with E-state index in [1.54, 1.807) is 0 Å². The predicted molar refractivity (Wildman–Crippen MR) is 129 cm³/mol. The van der Waals surface area contributed by atoms with Crippen molar-refractivity contribution >= 4 is 22.6 Å². The minimum absolute atomic E-state index is 0.201. The predicted octanol–water partition coefficient (Wildman–Crippen LogP) is 6.09. The van der Waals surface area contributed by atoms with Crippen molar-refractivity contribution in [1.82, 2.24) is 9.47 Å². The Kier molecular flexibility index (Phi) is 5.11. The highest BCUT2D eigenvalue weighted by Gasteiger charge is 2.37. The van der Waals surface area contributed by atoms with Crippen LogP contribution < -0.4 is 0 Å². The van der Waals surface area contributed by atoms with E-state index < -0.39 is 0 Å². The number of hydrogen-bond acceptors (Lipinski definition) is 2. The minimum Gasteiger partial charge on any atom is -0.488 e. The second-order valence-corrected chi connectivity index (χ2v) is 10.0. The molecule has 32 heavy (non-hydrogen) atoms. The quantitative estimate of drug-likeness (QED) is 0.472. The summed E-state index contributed by atoms with van der Waals surface area (Å²) in [6.07, 6.45) is 3.66. The molecule has 4 heteroatoms. The van der Waals surface area contributed by atoms with Crippen molar-refractivity contribution in [2.24, 2.45) is 0 Å². The molecular formula is C28H32N2O2. The van der Waals surface area contributed by atoms with Crippen molar-refractivity contribution in [2.75, 3.05) is 6.54 Å². The molecule has 0 aliphatic carbocycles. The first-order valence-electron chi connectivity index (χ1n) is 11.7. The van der Waals surface area contributed by atoms with Crippen molar-refractivity contribution in [3.8, 4) is 0 Å². The van der Waals surface area contributed by atoms with Gasteiger partial charge in [0, 0.05) is 41.7 Å². The van der Waals surface area contributed by atoms with Crippen LogP contribution in [0.5, 0.6) is 0 Å². The molecule has 5 rings (SSSR count). The second-order valence-electron chi connectivity index (χ2n) is 10.0. The summed E-state index contributed by atoms with van der Waals surface area (Å²) >= 11 is 0. The van der Waals surface area contributed by atoms with Crippen molar-refractivity contribution in [2.45, 2.75) is 64.6 Å². The van der Waals surface area contributed by atoms with Gasteiger partial charge in [0.15, 0.2) is 0 Å². The summed E-state index contributed by atoms with van der Waals surface area (Å²) in [7, 11) is 0. The fourth-order valence-electron chi connectivity index (χ4n) is 5.33. The molecule has 0 N–H and O–H groups in total. The largest absolute Gasteiger partial charge is 0.488 e. The van der Waals surface area contributed by atoms with E-state index >= 15 is 0 Å². The molecule has 1 amide bonds. The van der Waals surface area contributed by atoms with Gasteiger partial charge in [-0.2, -0.15) is 0 Å². The van der Waals surface area contributed by atoms with E-state index in [9.17, 15) is 4.79 Å². The van der Waals surface area contributed by atoms with Gasteiger partial charge in [0.05, 0.1) is 6.04 Å². The van der Waals surface area contributed by atoms with E-state index in [1.165, 1.54) is 27.7 Å². The standard InChI is InChI=1S/C28H32N2O2/c1-19(32-28(2,3)4)21-14-12-20(13-15-21)18-30-24-9-6-5-8-22(24)23-16-17-29-25(27(23)30)10-7-11-26(29)31/h5-6,8-9,12-15,25H,1,7,10-11,16-18H2,2-4H3. The van der Waals surface area contributed by atoms with Crippen LogP contribution >= 0.6 is 0 Å². The van der Waals surface area contributed by atoms with Gasteiger partial charge in [0.2, 0.25) is 5.91 Å². The van der Waals surface area contributed by atoms with E-state index in [0.29, 0.717) is 18.1 Å². The highest BCUT2D eigenvalue weighted by Crippen LogP contribution is 2.42. The highest BCUT2D eigenvalue weighted by atomic mass is 16.5. The average Bonchev–Trinajstić information content (AvgIpc) is 3.07. The molecule has 0 spiro atoms. The van der Waals surface area contributed by atoms with Gasteiger partial charge in [0.1, 0.15) is 11.4 Å². The Labute approximate surface area is 190 Å². The molecule has 166 valence electrons. The zero-order chi connectivity index (χ0) is 22.5. The SMILES string of the molecule is C=C(OC(C)(C)C)c1ccc(Cn2c3c(c4ccccc42)CCN2C(=O)CCCC32)cc1. The van der Waals surface area contributed by atoms with Gasteiger partial charge in [-0.1, -0.05) is 49.0 Å². The molecule has 1 unspecified atom stereocenters. The number of para-hydroxylation sites is 1. The Morgan fingerprint density at radius 2 is 1.84 bits per heavy atom. The van der Waals surface area contributed by atoms with Gasteiger partial charge >= 0.3 is 0 Å². The molecule has 1 fully saturated rings. The lowest BCUT2D eigenvalue weighted by Crippen LogP contribution is -2.43. The summed E-state index contributed by atoms with van der Waals surface area (Å²) < 4.78 is 8.39. The monoisotopic (exact) mass is 428 g/mol. The van der Waals surface area contributed by atoms with Crippen molar-refractivity contribution in [1.29, 1.82) is 0 Å². The fraction of sp³-hybridized carbons (Fsp3) is 0.393. The summed E-state index contributed by atoms with van der Waals surface area (Å²) in [4.78, 5) is 14.7. The van der Waals surface area contributed by atoms with Gasteiger partial charge in [-0.25, -0.2) is 0 Å². The van der Waals surface area contributed by atoms with E-state index in [-0.39, 0.29) is 11.6 Å². The maximum Gasteiger partial charge on any atom is 0.223 e. The third-order valence-corrected chi connectivity index (χ3v) is 6.65. The molecule has 1 saturated heterocycles. The molecule has 4 nitrogen and oxygen atoms in total. The normalized spacial score (nSPS) is 18.4. The second kappa shape index (κ2) is 7.84. The lowest BCUT2D eigenvalue weighted by atomic mass is 9.90. The number of carbonyl (C=O) groups is 1. The first kappa shape index (κ1) is 20.9. The van der Waals surface area contributed by atoms with Crippen molar-refractivity contribution < 1.29 is 9.53 Å². The van der Waals surface area contributed by atoms with Crippen LogP contribution in [0.15, 0.2) is 55.1 Å². The number of amides is 1. The van der Waals surface area contributed by atoms with Gasteiger partial charge in [-0.3, -0.25) is 4.79 Å². The summed E-state index contributed by atoms with van der Waals surface area (Å²) in [6.45, 7) is 11.8. The molecule has 1 atom stereocenters. The number of nitrogens with zero attached hydrogens (tertiary/aromatic N) is 2. The molecule has 1 aromatic heterocycles. The summed E-state index contributed by atoms with van der Waals surface area (Å²) in [5.41, 5.74) is 6.02. The molecule has 3 aromatic rings. The van der Waals surface area contributed by atoms with Crippen molar-refractivity contribution in [3.63, 3.8) is 0 Å². The Balaban J connectivity index is 1.51. The smallest absolute Gasteiger partial charge is 0.223 e. The number of hydrogen-bond donors (Lipinski definition) is 0. The van der Waals surface area contributed by atoms with Crippen LogP contribution in [0.3, 0.4) is 0 Å². The van der Waals surface area contributed by atoms with Crippen LogP contribution in [0.2, 0.25) is 0 Å². The first-order chi connectivity index (χ1) is 15.3. The minimum atomic E-state index is -0.262. The Hall–Kier alpha value is -3.01. The molecule has 2 aliphatic rings. The first-order valence-corrected chi connectivity index (χ1v) is 11.7. The van der Waals surface area contributed by atoms with E-state index in [4.69, 9.17) is 4.74 Å². The van der Waals surface area contributed by atoms with Gasteiger partial charge in [0.25, 0.3) is 0 Å². The molecule has 0 bridgehead atoms. The fourth-order valence-corrected chi connectivity index (χ4v) is 5.33. The molecule has 3 heterocycles. The number of piperidine rings is 1. The van der Waals surface area contributed by atoms with Gasteiger partial charge in [-0.05, 0) is 57.2 Å². The summed E-state index contributed by atoms with van der Waals surface area (Å²) in [5, 5.41) is 1.34. The Morgan fingerprint density at radius 3 is 2.59 bits per heavy atom. The molecule has 2 aromatic carbocycles. The number of rotatable bonds is 4. The third-order valence-electron chi connectivity index (χ3n) is 6.65. The molecular weight excluding hydrogens is 396 g/mol. The molecule has 2 aliphatic heterocycles. The lowest BCUT2D eigenvalue weighted by Gasteiger charge is -2.40. The topological polar surface area (TPSA) is 34.5 Å². The number of carbonyl (C=O) groups excluding carboxylic acids is 1. The van der Waals surface area contributed by atoms with Gasteiger partial charge in [-0.15, -0.1) is 0 Å². The maximum absolute atomic E-state index is 12.6. The summed E-state index contributed by atoms with van der Waals surface area (Å²) in [5.74, 6) is 1.01. The van der Waals surface area contributed by atoms with Crippen molar-refractivity contribution in [3.05, 3.63) is 77.5 Å². The summed E-state index contributed by atoms with van der Waals surface area (Å²) in [6, 6.07) is 17.4. The number of aromatic nitrogens is 1. The Bertz CT molecular complexity index is 1180. The third kappa shape index (κ3) is 3.72. The zero-order valence-corrected chi connectivity index (χ0v) is 19.4. The van der Waals surface area contributed by atoms with Crippen LogP contribution in [0.4, 0.5) is 0 Å². The lowest BCUT2D eigenvalue weighted by molar-refractivity contribution is -0.137. The van der Waals surface area contributed by atoms with Crippen LogP contribution in [-0.4, -0.2) is 27.5 Å². The highest BCUT2D eigenvalue weighted by molar-refractivity contribution is 5.87. The maximum atomic E-state index is 12.6. The zero-order valence-electron chi connectivity index (χ0n) is 19.4. The van der Waals surface area contributed by atoms with E-state index in [2.05, 4.69) is 64.6 Å². The Morgan fingerprint density at radius 1 is 1.09 bits per heavy atom. The number of ether oxygens (including phenoxy) is 1. The molecule has 0 radical (unpaired) electrons. The van der Waals surface area contributed by atoms with Gasteiger partial charge < -0.3 is 14.2 Å². The number of benzene rings is 2. The number of fused-ring (bicyclic) bond motifs is 5. The van der Waals surface area contributed by atoms with Crippen LogP contribution in [-0.2, 0) is 22.5 Å². The van der Waals surface area contributed by atoms with Crippen LogP contribution in [0.1, 0.15) is 68.5 Å². The molecule has 0 saturated carbocycles. The van der Waals surface area contributed by atoms with Crippen LogP contribution in [0.25, 0.3) is 16.7 Å². The van der Waals surface area contributed by atoms with E-state index in [0.717, 1.165) is 37.9 Å². The van der Waals surface area contributed by atoms with E-state index in [1.807, 2.05) is 20.8 Å².